The molecule has 3 rings (SSSR count). The lowest BCUT2D eigenvalue weighted by Gasteiger charge is -2.05. The maximum absolute atomic E-state index is 6.04. The third kappa shape index (κ3) is 2.54. The monoisotopic (exact) mass is 282 g/mol. The molecule has 0 amide bonds. The number of hydrogen-bond donors (Lipinski definition) is 1. The van der Waals surface area contributed by atoms with Crippen LogP contribution in [-0.2, 0) is 6.42 Å². The van der Waals surface area contributed by atoms with Gasteiger partial charge >= 0.3 is 0 Å². The molecule has 0 spiro atoms. The summed E-state index contributed by atoms with van der Waals surface area (Å²) in [7, 11) is 0. The summed E-state index contributed by atoms with van der Waals surface area (Å²) in [4.78, 5) is 0. The number of hydrogen-bond acceptors (Lipinski definition) is 4. The fraction of sp³-hybridized carbons (Fsp3) is 0.250. The third-order valence-electron chi connectivity index (χ3n) is 3.50. The van der Waals surface area contributed by atoms with Crippen LogP contribution in [-0.4, -0.2) is 21.2 Å². The molecule has 0 aliphatic rings. The molecule has 0 saturated heterocycles. The number of rotatable bonds is 4. The first-order valence-electron chi connectivity index (χ1n) is 6.99. The first-order valence-corrected chi connectivity index (χ1v) is 6.99. The van der Waals surface area contributed by atoms with Crippen molar-refractivity contribution in [3.05, 3.63) is 53.5 Å². The molecule has 3 aromatic rings. The molecule has 0 fully saturated rings. The number of ether oxygens (including phenoxy) is 1. The Hall–Kier alpha value is -2.56. The van der Waals surface area contributed by atoms with Crippen molar-refractivity contribution in [2.24, 2.45) is 0 Å². The van der Waals surface area contributed by atoms with Crippen molar-refractivity contribution in [2.45, 2.75) is 20.3 Å². The van der Waals surface area contributed by atoms with Crippen LogP contribution in [0.2, 0.25) is 0 Å². The maximum Gasteiger partial charge on any atom is 0.184 e. The Bertz CT molecular complexity index is 762. The number of pyridine rings is 1. The number of aromatic nitrogens is 3. The smallest absolute Gasteiger partial charge is 0.184 e. The van der Waals surface area contributed by atoms with Gasteiger partial charge in [-0.2, -0.15) is 0 Å². The average molecular weight is 282 g/mol. The topological polar surface area (TPSA) is 65.4 Å². The summed E-state index contributed by atoms with van der Waals surface area (Å²) in [5.41, 5.74) is 9.62. The van der Waals surface area contributed by atoms with Crippen LogP contribution in [0.15, 0.2) is 36.5 Å². The molecule has 0 radical (unpaired) electrons. The summed E-state index contributed by atoms with van der Waals surface area (Å²) in [6, 6.07) is 10.0. The fourth-order valence-electron chi connectivity index (χ4n) is 2.29. The normalized spacial score (nSPS) is 11.0. The molecule has 0 atom stereocenters. The van der Waals surface area contributed by atoms with Crippen LogP contribution < -0.4 is 10.5 Å². The van der Waals surface area contributed by atoms with Crippen molar-refractivity contribution < 1.29 is 4.74 Å². The average Bonchev–Trinajstić information content (AvgIpc) is 2.89. The van der Waals surface area contributed by atoms with Gasteiger partial charge in [-0.3, -0.25) is 4.40 Å². The first kappa shape index (κ1) is 13.4. The summed E-state index contributed by atoms with van der Waals surface area (Å²) < 4.78 is 7.39. The minimum Gasteiger partial charge on any atom is -0.494 e. The Morgan fingerprint density at radius 1 is 1.14 bits per heavy atom. The van der Waals surface area contributed by atoms with E-state index < -0.39 is 0 Å². The van der Waals surface area contributed by atoms with Crippen LogP contribution in [0.1, 0.15) is 23.9 Å². The molecule has 1 aromatic carbocycles. The second kappa shape index (κ2) is 5.44. The Balaban J connectivity index is 1.89. The van der Waals surface area contributed by atoms with Gasteiger partial charge in [-0.15, -0.1) is 10.2 Å². The number of nitrogens with zero attached hydrogens (tertiary/aromatic N) is 3. The highest BCUT2D eigenvalue weighted by Gasteiger charge is 2.10. The number of nitrogens with two attached hydrogens (primary N) is 1. The molecule has 5 nitrogen and oxygen atoms in total. The second-order valence-electron chi connectivity index (χ2n) is 4.98. The molecule has 5 heteroatoms. The molecular formula is C16H18N4O. The quantitative estimate of drug-likeness (QED) is 0.799. The molecule has 108 valence electrons. The van der Waals surface area contributed by atoms with Crippen molar-refractivity contribution in [3.8, 4) is 5.75 Å². The first-order chi connectivity index (χ1) is 10.2. The SMILES string of the molecule is CCOc1ccc(Cc2nnc3c(N)c(C)ccn23)cc1. The predicted molar refractivity (Wildman–Crippen MR) is 82.6 cm³/mol. The molecule has 0 unspecified atom stereocenters. The number of benzene rings is 1. The zero-order valence-corrected chi connectivity index (χ0v) is 12.2. The van der Waals surface area contributed by atoms with Gasteiger partial charge in [0.25, 0.3) is 0 Å². The highest BCUT2D eigenvalue weighted by molar-refractivity contribution is 5.68. The van der Waals surface area contributed by atoms with Crippen molar-refractivity contribution in [2.75, 3.05) is 12.3 Å². The largest absolute Gasteiger partial charge is 0.494 e. The summed E-state index contributed by atoms with van der Waals surface area (Å²) in [5, 5.41) is 8.44. The van der Waals surface area contributed by atoms with Gasteiger partial charge in [0.2, 0.25) is 0 Å². The van der Waals surface area contributed by atoms with Gasteiger partial charge in [-0.25, -0.2) is 0 Å². The van der Waals surface area contributed by atoms with E-state index in [9.17, 15) is 0 Å². The highest BCUT2D eigenvalue weighted by Crippen LogP contribution is 2.19. The molecule has 21 heavy (non-hydrogen) atoms. The van der Waals surface area contributed by atoms with E-state index in [1.165, 1.54) is 0 Å². The summed E-state index contributed by atoms with van der Waals surface area (Å²) >= 11 is 0. The Labute approximate surface area is 123 Å². The van der Waals surface area contributed by atoms with Crippen LogP contribution in [0.3, 0.4) is 0 Å². The third-order valence-corrected chi connectivity index (χ3v) is 3.50. The van der Waals surface area contributed by atoms with Crippen LogP contribution in [0, 0.1) is 6.92 Å². The minimum absolute atomic E-state index is 0.673. The van der Waals surface area contributed by atoms with Crippen LogP contribution in [0.25, 0.3) is 5.65 Å². The zero-order valence-electron chi connectivity index (χ0n) is 12.2. The molecule has 0 saturated carbocycles. The molecule has 2 heterocycles. The van der Waals surface area contributed by atoms with Crippen LogP contribution in [0.4, 0.5) is 5.69 Å². The fourth-order valence-corrected chi connectivity index (χ4v) is 2.29. The van der Waals surface area contributed by atoms with Crippen LogP contribution >= 0.6 is 0 Å². The molecule has 0 aliphatic heterocycles. The van der Waals surface area contributed by atoms with Gasteiger partial charge in [0.1, 0.15) is 11.6 Å². The molecule has 0 bridgehead atoms. The van der Waals surface area contributed by atoms with E-state index in [4.69, 9.17) is 10.5 Å². The zero-order chi connectivity index (χ0) is 14.8. The van der Waals surface area contributed by atoms with Gasteiger partial charge in [-0.1, -0.05) is 12.1 Å². The Morgan fingerprint density at radius 2 is 1.90 bits per heavy atom. The Kier molecular flexibility index (Phi) is 3.48. The number of nitrogen functional groups attached to an aromatic ring is 1. The summed E-state index contributed by atoms with van der Waals surface area (Å²) in [6.45, 7) is 4.62. The van der Waals surface area contributed by atoms with Gasteiger partial charge in [0.15, 0.2) is 5.65 Å². The molecule has 0 aliphatic carbocycles. The van der Waals surface area contributed by atoms with E-state index in [-0.39, 0.29) is 0 Å². The lowest BCUT2D eigenvalue weighted by Crippen LogP contribution is -1.99. The van der Waals surface area contributed by atoms with E-state index >= 15 is 0 Å². The Morgan fingerprint density at radius 3 is 2.62 bits per heavy atom. The van der Waals surface area contributed by atoms with Crippen LogP contribution in [0.5, 0.6) is 5.75 Å². The van der Waals surface area contributed by atoms with Crippen molar-refractivity contribution in [1.29, 1.82) is 0 Å². The minimum atomic E-state index is 0.673. The van der Waals surface area contributed by atoms with Gasteiger partial charge in [0.05, 0.1) is 12.3 Å². The standard InChI is InChI=1S/C16H18N4O/c1-3-21-13-6-4-12(5-7-13)10-14-18-19-16-15(17)11(2)8-9-20(14)16/h4-9H,3,10,17H2,1-2H3. The maximum atomic E-state index is 6.04. The second-order valence-corrected chi connectivity index (χ2v) is 4.98. The molecule has 2 aromatic heterocycles. The van der Waals surface area contributed by atoms with E-state index in [1.807, 2.05) is 54.8 Å². The van der Waals surface area contributed by atoms with E-state index in [1.54, 1.807) is 0 Å². The van der Waals surface area contributed by atoms with Crippen molar-refractivity contribution in [1.82, 2.24) is 14.6 Å². The van der Waals surface area contributed by atoms with Crippen molar-refractivity contribution in [3.63, 3.8) is 0 Å². The predicted octanol–water partition coefficient (Wildman–Crippen LogP) is 2.61. The lowest BCUT2D eigenvalue weighted by atomic mass is 10.1. The van der Waals surface area contributed by atoms with Gasteiger partial charge < -0.3 is 10.5 Å². The summed E-state index contributed by atoms with van der Waals surface area (Å²) in [6.07, 6.45) is 2.67. The van der Waals surface area contributed by atoms with E-state index in [0.29, 0.717) is 18.7 Å². The van der Waals surface area contributed by atoms with E-state index in [0.717, 1.165) is 28.3 Å². The molecular weight excluding hydrogens is 264 g/mol. The molecule has 2 N–H and O–H groups in total. The summed E-state index contributed by atoms with van der Waals surface area (Å²) in [5.74, 6) is 1.76. The van der Waals surface area contributed by atoms with Crippen molar-refractivity contribution >= 4 is 11.3 Å². The number of fused-ring (bicyclic) bond motifs is 1. The van der Waals surface area contributed by atoms with Gasteiger partial charge in [-0.05, 0) is 43.2 Å². The van der Waals surface area contributed by atoms with Gasteiger partial charge in [0, 0.05) is 12.6 Å². The highest BCUT2D eigenvalue weighted by atomic mass is 16.5. The van der Waals surface area contributed by atoms with E-state index in [2.05, 4.69) is 10.2 Å². The number of anilines is 1. The lowest BCUT2D eigenvalue weighted by molar-refractivity contribution is 0.340. The number of aryl methyl sites for hydroxylation is 1.